The normalized spacial score (nSPS) is 18.4. The summed E-state index contributed by atoms with van der Waals surface area (Å²) in [6.45, 7) is 8.19. The van der Waals surface area contributed by atoms with E-state index in [2.05, 4.69) is 32.7 Å². The van der Waals surface area contributed by atoms with Gasteiger partial charge in [-0.3, -0.25) is 4.79 Å². The Balaban J connectivity index is 1.46. The molecule has 1 aromatic carbocycles. The number of pyridine rings is 1. The summed E-state index contributed by atoms with van der Waals surface area (Å²) in [6.07, 6.45) is 4.11. The highest BCUT2D eigenvalue weighted by Gasteiger charge is 2.28. The number of carbonyl (C=O) groups is 1. The van der Waals surface area contributed by atoms with Crippen LogP contribution in [0.5, 0.6) is 0 Å². The van der Waals surface area contributed by atoms with E-state index >= 15 is 0 Å². The standard InChI is InChI=1S/C26H29ClN6O/c1-18-17-32(25-22(27)6-5-11-28-25)14-15-33(18)24-16-23(21-9-7-20(8-10-21)19(2)34)29-26(30-24)31-12-3-4-13-31/h5-11,16,18H,3-4,12-15,17H2,1-2H3. The number of nitrogens with zero attached hydrogens (tertiary/aromatic N) is 6. The molecule has 3 aromatic rings. The van der Waals surface area contributed by atoms with Gasteiger partial charge in [0.2, 0.25) is 5.95 Å². The first-order chi connectivity index (χ1) is 16.5. The Kier molecular flexibility index (Phi) is 6.37. The van der Waals surface area contributed by atoms with Crippen LogP contribution in [0.2, 0.25) is 5.02 Å². The number of ketones is 1. The zero-order valence-electron chi connectivity index (χ0n) is 19.6. The van der Waals surface area contributed by atoms with Gasteiger partial charge in [-0.1, -0.05) is 35.9 Å². The molecule has 7 nitrogen and oxygen atoms in total. The van der Waals surface area contributed by atoms with Crippen molar-refractivity contribution in [2.24, 2.45) is 0 Å². The molecule has 2 aromatic heterocycles. The lowest BCUT2D eigenvalue weighted by molar-refractivity contribution is 0.101. The molecule has 0 radical (unpaired) electrons. The third-order valence-electron chi connectivity index (χ3n) is 6.64. The number of benzene rings is 1. The first-order valence-electron chi connectivity index (χ1n) is 11.9. The van der Waals surface area contributed by atoms with Crippen LogP contribution in [0.15, 0.2) is 48.7 Å². The molecule has 1 unspecified atom stereocenters. The van der Waals surface area contributed by atoms with Crippen LogP contribution in [0, 0.1) is 0 Å². The van der Waals surface area contributed by atoms with Crippen molar-refractivity contribution in [1.82, 2.24) is 15.0 Å². The number of hydrogen-bond acceptors (Lipinski definition) is 7. The molecule has 176 valence electrons. The highest BCUT2D eigenvalue weighted by molar-refractivity contribution is 6.32. The summed E-state index contributed by atoms with van der Waals surface area (Å²) in [5.74, 6) is 2.61. The number of rotatable bonds is 5. The van der Waals surface area contributed by atoms with Gasteiger partial charge in [-0.2, -0.15) is 4.98 Å². The molecular weight excluding hydrogens is 448 g/mol. The van der Waals surface area contributed by atoms with Gasteiger partial charge in [0.1, 0.15) is 11.6 Å². The minimum atomic E-state index is 0.0624. The van der Waals surface area contributed by atoms with Gasteiger partial charge in [-0.05, 0) is 38.8 Å². The predicted molar refractivity (Wildman–Crippen MR) is 137 cm³/mol. The molecule has 0 bridgehead atoms. The van der Waals surface area contributed by atoms with Crippen LogP contribution in [0.1, 0.15) is 37.0 Å². The molecule has 8 heteroatoms. The molecule has 5 rings (SSSR count). The lowest BCUT2D eigenvalue weighted by atomic mass is 10.1. The molecule has 0 aliphatic carbocycles. The van der Waals surface area contributed by atoms with Crippen molar-refractivity contribution in [1.29, 1.82) is 0 Å². The molecule has 2 aliphatic rings. The largest absolute Gasteiger partial charge is 0.352 e. The van der Waals surface area contributed by atoms with Crippen LogP contribution in [0.25, 0.3) is 11.3 Å². The van der Waals surface area contributed by atoms with E-state index in [9.17, 15) is 4.79 Å². The maximum absolute atomic E-state index is 11.7. The van der Waals surface area contributed by atoms with Crippen LogP contribution in [0.4, 0.5) is 17.6 Å². The summed E-state index contributed by atoms with van der Waals surface area (Å²) in [7, 11) is 0. The number of halogens is 1. The lowest BCUT2D eigenvalue weighted by Gasteiger charge is -2.41. The van der Waals surface area contributed by atoms with Crippen LogP contribution < -0.4 is 14.7 Å². The van der Waals surface area contributed by atoms with E-state index in [1.807, 2.05) is 36.4 Å². The minimum absolute atomic E-state index is 0.0624. The molecule has 2 aliphatic heterocycles. The molecule has 1 atom stereocenters. The van der Waals surface area contributed by atoms with Gasteiger partial charge < -0.3 is 14.7 Å². The summed E-state index contributed by atoms with van der Waals surface area (Å²) in [5.41, 5.74) is 2.57. The Morgan fingerprint density at radius 1 is 1.00 bits per heavy atom. The molecule has 2 saturated heterocycles. The predicted octanol–water partition coefficient (Wildman–Crippen LogP) is 4.71. The van der Waals surface area contributed by atoms with Crippen molar-refractivity contribution in [3.05, 3.63) is 59.2 Å². The SMILES string of the molecule is CC(=O)c1ccc(-c2cc(N3CCN(c4ncccc4Cl)CC3C)nc(N3CCCC3)n2)cc1. The zero-order chi connectivity index (χ0) is 23.7. The van der Waals surface area contributed by atoms with Gasteiger partial charge >= 0.3 is 0 Å². The van der Waals surface area contributed by atoms with Gasteiger partial charge in [0.15, 0.2) is 5.78 Å². The van der Waals surface area contributed by atoms with Crippen LogP contribution in [-0.4, -0.2) is 59.5 Å². The number of Topliss-reactive ketones (excluding diaryl/α,β-unsaturated/α-hetero) is 1. The quantitative estimate of drug-likeness (QED) is 0.494. The fraction of sp³-hybridized carbons (Fsp3) is 0.385. The fourth-order valence-electron chi connectivity index (χ4n) is 4.75. The Labute approximate surface area is 205 Å². The van der Waals surface area contributed by atoms with Crippen molar-refractivity contribution in [2.45, 2.75) is 32.7 Å². The second kappa shape index (κ2) is 9.58. The highest BCUT2D eigenvalue weighted by Crippen LogP contribution is 2.30. The summed E-state index contributed by atoms with van der Waals surface area (Å²) in [4.78, 5) is 33.0. The number of aromatic nitrogens is 3. The van der Waals surface area contributed by atoms with Gasteiger partial charge in [0, 0.05) is 62.2 Å². The van der Waals surface area contributed by atoms with Crippen molar-refractivity contribution in [3.8, 4) is 11.3 Å². The summed E-state index contributed by atoms with van der Waals surface area (Å²) >= 11 is 6.41. The average molecular weight is 477 g/mol. The Bertz CT molecular complexity index is 1180. The van der Waals surface area contributed by atoms with Crippen LogP contribution in [-0.2, 0) is 0 Å². The Morgan fingerprint density at radius 3 is 2.44 bits per heavy atom. The first kappa shape index (κ1) is 22.6. The second-order valence-electron chi connectivity index (χ2n) is 9.04. The van der Waals surface area contributed by atoms with E-state index in [0.717, 1.165) is 74.4 Å². The van der Waals surface area contributed by atoms with Gasteiger partial charge in [0.25, 0.3) is 0 Å². The maximum atomic E-state index is 11.7. The monoisotopic (exact) mass is 476 g/mol. The molecule has 0 spiro atoms. The lowest BCUT2D eigenvalue weighted by Crippen LogP contribution is -2.52. The number of anilines is 3. The topological polar surface area (TPSA) is 65.5 Å². The van der Waals surface area contributed by atoms with Crippen molar-refractivity contribution in [3.63, 3.8) is 0 Å². The van der Waals surface area contributed by atoms with E-state index in [4.69, 9.17) is 21.6 Å². The van der Waals surface area contributed by atoms with E-state index in [0.29, 0.717) is 10.6 Å². The minimum Gasteiger partial charge on any atom is -0.352 e. The van der Waals surface area contributed by atoms with Crippen LogP contribution >= 0.6 is 11.6 Å². The van der Waals surface area contributed by atoms with Crippen LogP contribution in [0.3, 0.4) is 0 Å². The third kappa shape index (κ3) is 4.57. The summed E-state index contributed by atoms with van der Waals surface area (Å²) < 4.78 is 0. The highest BCUT2D eigenvalue weighted by atomic mass is 35.5. The maximum Gasteiger partial charge on any atom is 0.227 e. The fourth-order valence-corrected chi connectivity index (χ4v) is 4.99. The summed E-state index contributed by atoms with van der Waals surface area (Å²) in [6, 6.07) is 13.7. The smallest absolute Gasteiger partial charge is 0.227 e. The number of carbonyl (C=O) groups excluding carboxylic acids is 1. The van der Waals surface area contributed by atoms with Crippen molar-refractivity contribution >= 4 is 35.0 Å². The van der Waals surface area contributed by atoms with Crippen molar-refractivity contribution in [2.75, 3.05) is 47.4 Å². The van der Waals surface area contributed by atoms with E-state index < -0.39 is 0 Å². The van der Waals surface area contributed by atoms with E-state index in [1.54, 1.807) is 13.1 Å². The zero-order valence-corrected chi connectivity index (χ0v) is 20.4. The Morgan fingerprint density at radius 2 is 1.76 bits per heavy atom. The molecule has 2 fully saturated rings. The molecule has 0 saturated carbocycles. The molecular formula is C26H29ClN6O. The Hall–Kier alpha value is -3.19. The van der Waals surface area contributed by atoms with Gasteiger partial charge in [-0.25, -0.2) is 9.97 Å². The molecule has 0 amide bonds. The molecule has 4 heterocycles. The van der Waals surface area contributed by atoms with Gasteiger partial charge in [-0.15, -0.1) is 0 Å². The average Bonchev–Trinajstić information content (AvgIpc) is 3.39. The second-order valence-corrected chi connectivity index (χ2v) is 9.44. The van der Waals surface area contributed by atoms with E-state index in [1.165, 1.54) is 0 Å². The molecule has 34 heavy (non-hydrogen) atoms. The number of hydrogen-bond donors (Lipinski definition) is 0. The molecule has 0 N–H and O–H groups in total. The number of piperazine rings is 1. The summed E-state index contributed by atoms with van der Waals surface area (Å²) in [5, 5.41) is 0.679. The first-order valence-corrected chi connectivity index (χ1v) is 12.2. The van der Waals surface area contributed by atoms with Crippen molar-refractivity contribution < 1.29 is 4.79 Å². The van der Waals surface area contributed by atoms with E-state index in [-0.39, 0.29) is 11.8 Å². The third-order valence-corrected chi connectivity index (χ3v) is 6.93. The van der Waals surface area contributed by atoms with Gasteiger partial charge in [0.05, 0.1) is 10.7 Å².